The SMILES string of the molecule is CC(C)C(CN(Cc1ccc(Cl)c(Cl)c1)S(=O)(=O)c1ccc(C(N)=O)cc1)N(C)C. The summed E-state index contributed by atoms with van der Waals surface area (Å²) in [4.78, 5) is 13.4. The molecule has 2 N–H and O–H groups in total. The quantitative estimate of drug-likeness (QED) is 0.601. The fourth-order valence-electron chi connectivity index (χ4n) is 3.21. The lowest BCUT2D eigenvalue weighted by Crippen LogP contribution is -2.45. The van der Waals surface area contributed by atoms with Crippen molar-refractivity contribution in [2.45, 2.75) is 31.3 Å². The van der Waals surface area contributed by atoms with Crippen LogP contribution in [0.15, 0.2) is 47.4 Å². The molecule has 164 valence electrons. The monoisotopic (exact) mass is 471 g/mol. The number of amides is 1. The predicted octanol–water partition coefficient (Wildman–Crippen LogP) is 3.87. The van der Waals surface area contributed by atoms with Gasteiger partial charge in [0.25, 0.3) is 0 Å². The highest BCUT2D eigenvalue weighted by molar-refractivity contribution is 7.89. The first kappa shape index (κ1) is 24.6. The van der Waals surface area contributed by atoms with Gasteiger partial charge in [-0.15, -0.1) is 0 Å². The molecule has 0 fully saturated rings. The zero-order chi connectivity index (χ0) is 22.6. The third-order valence-corrected chi connectivity index (χ3v) is 7.51. The Hall–Kier alpha value is -1.64. The van der Waals surface area contributed by atoms with Crippen LogP contribution >= 0.6 is 23.2 Å². The van der Waals surface area contributed by atoms with E-state index in [0.717, 1.165) is 5.56 Å². The van der Waals surface area contributed by atoms with Gasteiger partial charge < -0.3 is 10.6 Å². The van der Waals surface area contributed by atoms with E-state index in [9.17, 15) is 13.2 Å². The normalized spacial score (nSPS) is 13.2. The molecule has 0 spiro atoms. The Morgan fingerprint density at radius 3 is 2.10 bits per heavy atom. The van der Waals surface area contributed by atoms with Gasteiger partial charge in [-0.1, -0.05) is 43.1 Å². The molecule has 1 unspecified atom stereocenters. The van der Waals surface area contributed by atoms with E-state index in [0.29, 0.717) is 10.0 Å². The standard InChI is InChI=1S/C21H27Cl2N3O3S/c1-14(2)20(25(3)4)13-26(12-15-5-10-18(22)19(23)11-15)30(28,29)17-8-6-16(7-9-17)21(24)27/h5-11,14,20H,12-13H2,1-4H3,(H2,24,27). The third kappa shape index (κ3) is 5.95. The summed E-state index contributed by atoms with van der Waals surface area (Å²) in [6, 6.07) is 10.7. The fourth-order valence-corrected chi connectivity index (χ4v) is 4.98. The molecule has 0 aromatic heterocycles. The maximum Gasteiger partial charge on any atom is 0.248 e. The van der Waals surface area contributed by atoms with E-state index in [1.165, 1.54) is 28.6 Å². The molecule has 0 radical (unpaired) electrons. The number of hydrogen-bond acceptors (Lipinski definition) is 4. The van der Waals surface area contributed by atoms with Gasteiger partial charge in [0.05, 0.1) is 14.9 Å². The van der Waals surface area contributed by atoms with E-state index in [1.54, 1.807) is 18.2 Å². The van der Waals surface area contributed by atoms with Gasteiger partial charge in [0.15, 0.2) is 0 Å². The summed E-state index contributed by atoms with van der Waals surface area (Å²) >= 11 is 12.1. The molecular formula is C21H27Cl2N3O3S. The molecule has 30 heavy (non-hydrogen) atoms. The van der Waals surface area contributed by atoms with E-state index >= 15 is 0 Å². The second-order valence-electron chi connectivity index (χ2n) is 7.71. The first-order valence-corrected chi connectivity index (χ1v) is 11.6. The Bertz CT molecular complexity index is 985. The van der Waals surface area contributed by atoms with Crippen molar-refractivity contribution >= 4 is 39.1 Å². The molecule has 0 heterocycles. The average Bonchev–Trinajstić information content (AvgIpc) is 2.67. The maximum absolute atomic E-state index is 13.5. The number of rotatable bonds is 9. The summed E-state index contributed by atoms with van der Waals surface area (Å²) in [6.07, 6.45) is 0. The summed E-state index contributed by atoms with van der Waals surface area (Å²) < 4.78 is 28.4. The predicted molar refractivity (Wildman–Crippen MR) is 121 cm³/mol. The van der Waals surface area contributed by atoms with Crippen molar-refractivity contribution in [1.82, 2.24) is 9.21 Å². The number of nitrogens with zero attached hydrogens (tertiary/aromatic N) is 2. The Kier molecular flexibility index (Phi) is 8.30. The Balaban J connectivity index is 2.46. The number of carbonyl (C=O) groups excluding carboxylic acids is 1. The van der Waals surface area contributed by atoms with Crippen LogP contribution in [0.2, 0.25) is 10.0 Å². The van der Waals surface area contributed by atoms with Crippen molar-refractivity contribution < 1.29 is 13.2 Å². The summed E-state index contributed by atoms with van der Waals surface area (Å²) in [5.41, 5.74) is 6.24. The van der Waals surface area contributed by atoms with Crippen LogP contribution in [-0.2, 0) is 16.6 Å². The molecule has 0 saturated carbocycles. The van der Waals surface area contributed by atoms with Gasteiger partial charge in [-0.05, 0) is 62.0 Å². The van der Waals surface area contributed by atoms with Gasteiger partial charge in [0, 0.05) is 24.7 Å². The summed E-state index contributed by atoms with van der Waals surface area (Å²) in [6.45, 7) is 4.52. The molecule has 0 aliphatic heterocycles. The minimum absolute atomic E-state index is 0.00700. The number of likely N-dealkylation sites (N-methyl/N-ethyl adjacent to an activating group) is 1. The molecule has 6 nitrogen and oxygen atoms in total. The van der Waals surface area contributed by atoms with Crippen LogP contribution in [0.5, 0.6) is 0 Å². The molecule has 9 heteroatoms. The highest BCUT2D eigenvalue weighted by Crippen LogP contribution is 2.26. The van der Waals surface area contributed by atoms with E-state index in [1.807, 2.05) is 19.0 Å². The maximum atomic E-state index is 13.5. The number of sulfonamides is 1. The van der Waals surface area contributed by atoms with Gasteiger partial charge in [-0.3, -0.25) is 4.79 Å². The molecular weight excluding hydrogens is 445 g/mol. The molecule has 0 aliphatic carbocycles. The highest BCUT2D eigenvalue weighted by atomic mass is 35.5. The summed E-state index contributed by atoms with van der Waals surface area (Å²) in [7, 11) is 0.00541. The van der Waals surface area contributed by atoms with Crippen molar-refractivity contribution in [1.29, 1.82) is 0 Å². The molecule has 0 bridgehead atoms. The molecule has 2 aromatic carbocycles. The van der Waals surface area contributed by atoms with Crippen LogP contribution in [0, 0.1) is 5.92 Å². The van der Waals surface area contributed by atoms with Crippen molar-refractivity contribution in [2.24, 2.45) is 11.7 Å². The first-order valence-electron chi connectivity index (χ1n) is 9.44. The lowest BCUT2D eigenvalue weighted by atomic mass is 10.0. The Labute approximate surface area is 188 Å². The van der Waals surface area contributed by atoms with Crippen molar-refractivity contribution in [3.05, 3.63) is 63.6 Å². The lowest BCUT2D eigenvalue weighted by Gasteiger charge is -2.33. The second-order valence-corrected chi connectivity index (χ2v) is 10.5. The van der Waals surface area contributed by atoms with E-state index in [2.05, 4.69) is 13.8 Å². The zero-order valence-corrected chi connectivity index (χ0v) is 19.8. The number of benzene rings is 2. The minimum atomic E-state index is -3.85. The average molecular weight is 472 g/mol. The largest absolute Gasteiger partial charge is 0.366 e. The molecule has 2 rings (SSSR count). The fraction of sp³-hybridized carbons (Fsp3) is 0.381. The van der Waals surface area contributed by atoms with Gasteiger partial charge in [-0.2, -0.15) is 4.31 Å². The smallest absolute Gasteiger partial charge is 0.248 e. The van der Waals surface area contributed by atoms with Crippen LogP contribution in [0.3, 0.4) is 0 Å². The van der Waals surface area contributed by atoms with Gasteiger partial charge in [0.2, 0.25) is 15.9 Å². The number of nitrogens with two attached hydrogens (primary N) is 1. The second kappa shape index (κ2) is 10.1. The number of halogens is 2. The minimum Gasteiger partial charge on any atom is -0.366 e. The van der Waals surface area contributed by atoms with Gasteiger partial charge >= 0.3 is 0 Å². The number of hydrogen-bond donors (Lipinski definition) is 1. The van der Waals surface area contributed by atoms with E-state index in [-0.39, 0.29) is 35.5 Å². The van der Waals surface area contributed by atoms with E-state index < -0.39 is 15.9 Å². The number of primary amides is 1. The van der Waals surface area contributed by atoms with E-state index in [4.69, 9.17) is 28.9 Å². The van der Waals surface area contributed by atoms with Gasteiger partial charge in [-0.25, -0.2) is 8.42 Å². The first-order chi connectivity index (χ1) is 13.9. The van der Waals surface area contributed by atoms with Gasteiger partial charge in [0.1, 0.15) is 0 Å². The molecule has 0 aliphatic rings. The number of carbonyl (C=O) groups is 1. The molecule has 0 saturated heterocycles. The topological polar surface area (TPSA) is 83.7 Å². The zero-order valence-electron chi connectivity index (χ0n) is 17.5. The molecule has 1 atom stereocenters. The molecule has 2 aromatic rings. The van der Waals surface area contributed by atoms with Crippen LogP contribution in [0.4, 0.5) is 0 Å². The van der Waals surface area contributed by atoms with Crippen molar-refractivity contribution in [3.63, 3.8) is 0 Å². The third-order valence-electron chi connectivity index (χ3n) is 4.94. The Morgan fingerprint density at radius 1 is 1.03 bits per heavy atom. The molecule has 1 amide bonds. The van der Waals surface area contributed by atoms with Crippen LogP contribution in [0.1, 0.15) is 29.8 Å². The van der Waals surface area contributed by atoms with Crippen molar-refractivity contribution in [2.75, 3.05) is 20.6 Å². The van der Waals surface area contributed by atoms with Crippen LogP contribution in [0.25, 0.3) is 0 Å². The summed E-state index contributed by atoms with van der Waals surface area (Å²) in [5.74, 6) is -0.386. The van der Waals surface area contributed by atoms with Crippen LogP contribution in [-0.4, -0.2) is 50.2 Å². The van der Waals surface area contributed by atoms with Crippen LogP contribution < -0.4 is 5.73 Å². The van der Waals surface area contributed by atoms with Crippen molar-refractivity contribution in [3.8, 4) is 0 Å². The summed E-state index contributed by atoms with van der Waals surface area (Å²) in [5, 5.41) is 0.774. The lowest BCUT2D eigenvalue weighted by molar-refractivity contribution is 0.1000. The Morgan fingerprint density at radius 2 is 1.63 bits per heavy atom. The highest BCUT2D eigenvalue weighted by Gasteiger charge is 2.29.